The average Bonchev–Trinajstić information content (AvgIpc) is 2.71. The number of amides is 2. The highest BCUT2D eigenvalue weighted by molar-refractivity contribution is 6.21. The summed E-state index contributed by atoms with van der Waals surface area (Å²) < 4.78 is 0. The molecule has 3 rings (SSSR count). The van der Waals surface area contributed by atoms with Gasteiger partial charge in [-0.05, 0) is 25.0 Å². The van der Waals surface area contributed by atoms with Crippen LogP contribution in [-0.4, -0.2) is 33.8 Å². The summed E-state index contributed by atoms with van der Waals surface area (Å²) in [4.78, 5) is 37.3. The van der Waals surface area contributed by atoms with E-state index < -0.39 is 17.9 Å². The van der Waals surface area contributed by atoms with Crippen LogP contribution in [0, 0.1) is 5.92 Å². The fraction of sp³-hybridized carbons (Fsp3) is 0.400. The number of carbonyl (C=O) groups excluding carboxylic acids is 2. The van der Waals surface area contributed by atoms with Crippen LogP contribution in [0.15, 0.2) is 24.3 Å². The fourth-order valence-corrected chi connectivity index (χ4v) is 3.22. The molecule has 0 radical (unpaired) electrons. The average molecular weight is 273 g/mol. The van der Waals surface area contributed by atoms with Gasteiger partial charge in [0.1, 0.15) is 0 Å². The van der Waals surface area contributed by atoms with Gasteiger partial charge in [0.05, 0.1) is 23.1 Å². The summed E-state index contributed by atoms with van der Waals surface area (Å²) in [7, 11) is 0. The number of nitrogens with zero attached hydrogens (tertiary/aromatic N) is 1. The molecule has 0 bridgehead atoms. The Morgan fingerprint density at radius 1 is 1.05 bits per heavy atom. The molecule has 1 heterocycles. The van der Waals surface area contributed by atoms with Crippen LogP contribution in [0.4, 0.5) is 0 Å². The number of fused-ring (bicyclic) bond motifs is 1. The number of aliphatic carboxylic acids is 1. The first-order valence-corrected chi connectivity index (χ1v) is 6.81. The zero-order valence-corrected chi connectivity index (χ0v) is 10.9. The van der Waals surface area contributed by atoms with E-state index in [4.69, 9.17) is 0 Å². The normalized spacial score (nSPS) is 25.7. The smallest absolute Gasteiger partial charge is 0.308 e. The summed E-state index contributed by atoms with van der Waals surface area (Å²) in [6.45, 7) is 0. The monoisotopic (exact) mass is 273 g/mol. The molecule has 0 saturated heterocycles. The number of hydrogen-bond acceptors (Lipinski definition) is 3. The summed E-state index contributed by atoms with van der Waals surface area (Å²) in [6.07, 6.45) is 2.77. The predicted octanol–water partition coefficient (Wildman–Crippen LogP) is 1.93. The van der Waals surface area contributed by atoms with E-state index in [1.54, 1.807) is 24.3 Å². The van der Waals surface area contributed by atoms with E-state index in [9.17, 15) is 19.5 Å². The van der Waals surface area contributed by atoms with Crippen LogP contribution in [0.2, 0.25) is 0 Å². The van der Waals surface area contributed by atoms with Gasteiger partial charge in [-0.3, -0.25) is 19.3 Å². The van der Waals surface area contributed by atoms with Crippen molar-refractivity contribution in [3.63, 3.8) is 0 Å². The third-order valence-electron chi connectivity index (χ3n) is 4.20. The molecule has 1 aromatic carbocycles. The van der Waals surface area contributed by atoms with Gasteiger partial charge in [-0.25, -0.2) is 0 Å². The molecule has 2 aliphatic rings. The van der Waals surface area contributed by atoms with Crippen LogP contribution in [0.1, 0.15) is 46.4 Å². The topological polar surface area (TPSA) is 74.7 Å². The van der Waals surface area contributed by atoms with E-state index in [0.717, 1.165) is 12.8 Å². The molecule has 1 aliphatic heterocycles. The van der Waals surface area contributed by atoms with Crippen molar-refractivity contribution in [2.75, 3.05) is 0 Å². The van der Waals surface area contributed by atoms with Gasteiger partial charge in [-0.2, -0.15) is 0 Å². The summed E-state index contributed by atoms with van der Waals surface area (Å²) in [6, 6.07) is 6.14. The molecule has 5 nitrogen and oxygen atoms in total. The molecule has 1 saturated carbocycles. The molecule has 1 fully saturated rings. The number of rotatable bonds is 2. The second-order valence-corrected chi connectivity index (χ2v) is 5.32. The number of carboxylic acid groups (broad SMARTS) is 1. The van der Waals surface area contributed by atoms with E-state index in [1.165, 1.54) is 4.90 Å². The molecule has 1 aromatic rings. The lowest BCUT2D eigenvalue weighted by Gasteiger charge is -2.34. The van der Waals surface area contributed by atoms with Gasteiger partial charge < -0.3 is 5.11 Å². The van der Waals surface area contributed by atoms with E-state index >= 15 is 0 Å². The van der Waals surface area contributed by atoms with Crippen LogP contribution in [0.5, 0.6) is 0 Å². The minimum Gasteiger partial charge on any atom is -0.481 e. The molecule has 20 heavy (non-hydrogen) atoms. The largest absolute Gasteiger partial charge is 0.481 e. The van der Waals surface area contributed by atoms with Crippen LogP contribution >= 0.6 is 0 Å². The molecule has 5 heteroatoms. The van der Waals surface area contributed by atoms with Crippen LogP contribution in [-0.2, 0) is 4.79 Å². The van der Waals surface area contributed by atoms with Gasteiger partial charge in [0.15, 0.2) is 0 Å². The quantitative estimate of drug-likeness (QED) is 0.835. The molecule has 104 valence electrons. The zero-order valence-electron chi connectivity index (χ0n) is 10.9. The van der Waals surface area contributed by atoms with Gasteiger partial charge in [-0.1, -0.05) is 25.0 Å². The third kappa shape index (κ3) is 1.81. The Kier molecular flexibility index (Phi) is 3.04. The number of carboxylic acids is 1. The second kappa shape index (κ2) is 4.74. The maximum atomic E-state index is 12.4. The number of benzene rings is 1. The van der Waals surface area contributed by atoms with Gasteiger partial charge >= 0.3 is 5.97 Å². The molecule has 0 spiro atoms. The van der Waals surface area contributed by atoms with Crippen LogP contribution < -0.4 is 0 Å². The highest BCUT2D eigenvalue weighted by Crippen LogP contribution is 2.34. The van der Waals surface area contributed by atoms with Crippen molar-refractivity contribution < 1.29 is 19.5 Å². The van der Waals surface area contributed by atoms with Crippen molar-refractivity contribution in [1.82, 2.24) is 4.90 Å². The van der Waals surface area contributed by atoms with E-state index in [1.807, 2.05) is 0 Å². The Bertz CT molecular complexity index is 560. The molecule has 2 atom stereocenters. The van der Waals surface area contributed by atoms with E-state index in [0.29, 0.717) is 24.0 Å². The molecule has 2 amide bonds. The Balaban J connectivity index is 1.97. The lowest BCUT2D eigenvalue weighted by Crippen LogP contribution is -2.48. The van der Waals surface area contributed by atoms with Crippen molar-refractivity contribution in [2.24, 2.45) is 5.92 Å². The lowest BCUT2D eigenvalue weighted by atomic mass is 9.83. The Morgan fingerprint density at radius 2 is 1.60 bits per heavy atom. The molecule has 1 aliphatic carbocycles. The first-order valence-electron chi connectivity index (χ1n) is 6.81. The predicted molar refractivity (Wildman–Crippen MR) is 70.3 cm³/mol. The summed E-state index contributed by atoms with van der Waals surface area (Å²) in [5.74, 6) is -2.29. The molecular formula is C15H15NO4. The molecule has 1 N–H and O–H groups in total. The van der Waals surface area contributed by atoms with Crippen molar-refractivity contribution in [3.8, 4) is 0 Å². The van der Waals surface area contributed by atoms with Crippen LogP contribution in [0.3, 0.4) is 0 Å². The summed E-state index contributed by atoms with van der Waals surface area (Å²) in [5, 5.41) is 9.31. The molecule has 0 unspecified atom stereocenters. The lowest BCUT2D eigenvalue weighted by molar-refractivity contribution is -0.144. The highest BCUT2D eigenvalue weighted by Gasteiger charge is 2.45. The first-order chi connectivity index (χ1) is 9.61. The maximum absolute atomic E-state index is 12.4. The van der Waals surface area contributed by atoms with Gasteiger partial charge in [0, 0.05) is 0 Å². The van der Waals surface area contributed by atoms with Gasteiger partial charge in [0.25, 0.3) is 11.8 Å². The van der Waals surface area contributed by atoms with Gasteiger partial charge in [-0.15, -0.1) is 0 Å². The Labute approximate surface area is 116 Å². The fourth-order valence-electron chi connectivity index (χ4n) is 3.22. The van der Waals surface area contributed by atoms with Crippen molar-refractivity contribution >= 4 is 17.8 Å². The van der Waals surface area contributed by atoms with Crippen LogP contribution in [0.25, 0.3) is 0 Å². The Morgan fingerprint density at radius 3 is 2.15 bits per heavy atom. The number of carbonyl (C=O) groups is 3. The number of hydrogen-bond donors (Lipinski definition) is 1. The van der Waals surface area contributed by atoms with Crippen molar-refractivity contribution in [3.05, 3.63) is 35.4 Å². The van der Waals surface area contributed by atoms with Gasteiger partial charge in [0.2, 0.25) is 0 Å². The minimum absolute atomic E-state index is 0.358. The van der Waals surface area contributed by atoms with E-state index in [-0.39, 0.29) is 11.8 Å². The van der Waals surface area contributed by atoms with E-state index in [2.05, 4.69) is 0 Å². The zero-order chi connectivity index (χ0) is 14.3. The minimum atomic E-state index is -0.925. The summed E-state index contributed by atoms with van der Waals surface area (Å²) >= 11 is 0. The molecule has 0 aromatic heterocycles. The summed E-state index contributed by atoms with van der Waals surface area (Å²) in [5.41, 5.74) is 0.763. The SMILES string of the molecule is O=C(O)[C@H]1CCCC[C@H]1N1C(=O)c2ccccc2C1=O. The first kappa shape index (κ1) is 12.8. The second-order valence-electron chi connectivity index (χ2n) is 5.32. The standard InChI is InChI=1S/C15H15NO4/c17-13-9-5-1-2-6-10(9)14(18)16(13)12-8-4-3-7-11(12)15(19)20/h1-2,5-6,11-12H,3-4,7-8H2,(H,19,20)/t11-,12+/m0/s1. The Hall–Kier alpha value is -2.17. The van der Waals surface area contributed by atoms with Crippen molar-refractivity contribution in [2.45, 2.75) is 31.7 Å². The van der Waals surface area contributed by atoms with Crippen molar-refractivity contribution in [1.29, 1.82) is 0 Å². The molecular weight excluding hydrogens is 258 g/mol. The number of imide groups is 1. The highest BCUT2D eigenvalue weighted by atomic mass is 16.4. The third-order valence-corrected chi connectivity index (χ3v) is 4.20. The maximum Gasteiger partial charge on any atom is 0.308 e.